The predicted octanol–water partition coefficient (Wildman–Crippen LogP) is 13.2. The van der Waals surface area contributed by atoms with Crippen LogP contribution in [0, 0.1) is 17.8 Å². The number of nitrogens with zero attached hydrogens (tertiary/aromatic N) is 1. The topological polar surface area (TPSA) is 3.24 Å². The zero-order valence-electron chi connectivity index (χ0n) is 29.5. The minimum Gasteiger partial charge on any atom is -0.310 e. The van der Waals surface area contributed by atoms with Crippen LogP contribution >= 0.6 is 0 Å². The summed E-state index contributed by atoms with van der Waals surface area (Å²) in [5.74, 6) is 2.18. The maximum atomic E-state index is 2.61. The lowest BCUT2D eigenvalue weighted by atomic mass is 9.51. The van der Waals surface area contributed by atoms with Crippen molar-refractivity contribution in [3.63, 3.8) is 0 Å². The van der Waals surface area contributed by atoms with Crippen molar-refractivity contribution in [2.45, 2.75) is 63.7 Å². The molecule has 0 aromatic heterocycles. The van der Waals surface area contributed by atoms with Crippen molar-refractivity contribution in [2.24, 2.45) is 17.8 Å². The third-order valence-corrected chi connectivity index (χ3v) is 13.3. The van der Waals surface area contributed by atoms with Gasteiger partial charge in [0.05, 0.1) is 0 Å². The molecule has 1 heteroatoms. The van der Waals surface area contributed by atoms with Gasteiger partial charge in [-0.05, 0) is 129 Å². The lowest BCUT2D eigenvalue weighted by Gasteiger charge is -2.53. The summed E-state index contributed by atoms with van der Waals surface area (Å²) in [4.78, 5) is 2.54. The Morgan fingerprint density at radius 1 is 0.500 bits per heavy atom. The van der Waals surface area contributed by atoms with Gasteiger partial charge in [0.2, 0.25) is 0 Å². The maximum Gasteiger partial charge on any atom is 0.0467 e. The predicted molar refractivity (Wildman–Crippen MR) is 210 cm³/mol. The molecule has 4 aliphatic rings. The van der Waals surface area contributed by atoms with Crippen LogP contribution in [-0.2, 0) is 10.8 Å². The molecular formula is C49H45N. The van der Waals surface area contributed by atoms with Crippen LogP contribution in [0.3, 0.4) is 0 Å². The van der Waals surface area contributed by atoms with E-state index in [0.29, 0.717) is 11.8 Å². The molecule has 50 heavy (non-hydrogen) atoms. The summed E-state index contributed by atoms with van der Waals surface area (Å²) in [6.45, 7) is 7.35. The SMILES string of the molecule is CC1CC2CCCC(C2)C12c1ccccc1-c1ccc(N(c3cccc(-c4ccccc4)c3)c3ccc4c(c3)C(C)(C)c3ccccc3-4)cc12. The molecule has 2 bridgehead atoms. The molecule has 2 saturated carbocycles. The third-order valence-electron chi connectivity index (χ3n) is 13.3. The summed E-state index contributed by atoms with van der Waals surface area (Å²) in [6, 6.07) is 53.0. The van der Waals surface area contributed by atoms with E-state index in [-0.39, 0.29) is 10.8 Å². The van der Waals surface area contributed by atoms with Crippen LogP contribution in [0.4, 0.5) is 17.1 Å². The highest BCUT2D eigenvalue weighted by Gasteiger charge is 2.55. The van der Waals surface area contributed by atoms with E-state index in [1.165, 1.54) is 93.7 Å². The molecule has 246 valence electrons. The van der Waals surface area contributed by atoms with E-state index in [1.54, 1.807) is 11.1 Å². The number of hydrogen-bond acceptors (Lipinski definition) is 1. The van der Waals surface area contributed by atoms with Crippen molar-refractivity contribution in [3.05, 3.63) is 162 Å². The number of benzene rings is 6. The van der Waals surface area contributed by atoms with Crippen molar-refractivity contribution >= 4 is 17.1 Å². The van der Waals surface area contributed by atoms with E-state index in [2.05, 4.69) is 165 Å². The smallest absolute Gasteiger partial charge is 0.0467 e. The molecule has 0 N–H and O–H groups in total. The van der Waals surface area contributed by atoms with E-state index < -0.39 is 0 Å². The molecule has 2 fully saturated rings. The molecule has 4 aliphatic carbocycles. The van der Waals surface area contributed by atoms with Crippen LogP contribution < -0.4 is 4.90 Å². The largest absolute Gasteiger partial charge is 0.310 e. The van der Waals surface area contributed by atoms with Gasteiger partial charge in [0.25, 0.3) is 0 Å². The lowest BCUT2D eigenvalue weighted by Crippen LogP contribution is -2.48. The van der Waals surface area contributed by atoms with Gasteiger partial charge in [-0.2, -0.15) is 0 Å². The fraction of sp³-hybridized carbons (Fsp3) is 0.265. The van der Waals surface area contributed by atoms with Gasteiger partial charge in [0, 0.05) is 27.9 Å². The summed E-state index contributed by atoms with van der Waals surface area (Å²) >= 11 is 0. The minimum atomic E-state index is -0.0712. The Balaban J connectivity index is 1.19. The Labute approximate surface area is 297 Å². The van der Waals surface area contributed by atoms with E-state index in [4.69, 9.17) is 0 Å². The highest BCUT2D eigenvalue weighted by atomic mass is 15.1. The molecule has 4 unspecified atom stereocenters. The average molecular weight is 648 g/mol. The molecule has 6 aromatic carbocycles. The number of hydrogen-bond donors (Lipinski definition) is 0. The second kappa shape index (κ2) is 11.1. The van der Waals surface area contributed by atoms with Gasteiger partial charge >= 0.3 is 0 Å². The van der Waals surface area contributed by atoms with E-state index in [0.717, 1.165) is 5.92 Å². The average Bonchev–Trinajstić information content (AvgIpc) is 3.57. The highest BCUT2D eigenvalue weighted by Crippen LogP contribution is 2.64. The first-order valence-electron chi connectivity index (χ1n) is 18.9. The second-order valence-electron chi connectivity index (χ2n) is 16.2. The molecule has 10 rings (SSSR count). The second-order valence-corrected chi connectivity index (χ2v) is 16.2. The van der Waals surface area contributed by atoms with Crippen LogP contribution in [0.15, 0.2) is 140 Å². The van der Waals surface area contributed by atoms with E-state index in [9.17, 15) is 0 Å². The number of anilines is 3. The first-order chi connectivity index (χ1) is 24.4. The van der Waals surface area contributed by atoms with Crippen LogP contribution in [0.1, 0.15) is 75.1 Å². The normalized spacial score (nSPS) is 23.5. The summed E-state index contributed by atoms with van der Waals surface area (Å²) in [7, 11) is 0. The Kier molecular flexibility index (Phi) is 6.63. The first kappa shape index (κ1) is 30.0. The molecule has 6 aromatic rings. The lowest BCUT2D eigenvalue weighted by molar-refractivity contribution is 0.0670. The minimum absolute atomic E-state index is 0.0674. The van der Waals surface area contributed by atoms with Crippen molar-refractivity contribution in [2.75, 3.05) is 4.90 Å². The Morgan fingerprint density at radius 3 is 1.88 bits per heavy atom. The molecule has 4 atom stereocenters. The zero-order valence-corrected chi connectivity index (χ0v) is 29.5. The zero-order chi connectivity index (χ0) is 33.6. The summed E-state index contributed by atoms with van der Waals surface area (Å²) in [5.41, 5.74) is 17.7. The molecule has 0 saturated heterocycles. The molecule has 0 aliphatic heterocycles. The van der Waals surface area contributed by atoms with Crippen LogP contribution in [0.2, 0.25) is 0 Å². The Morgan fingerprint density at radius 2 is 1.10 bits per heavy atom. The number of rotatable bonds is 4. The van der Waals surface area contributed by atoms with Gasteiger partial charge in [0.1, 0.15) is 0 Å². The van der Waals surface area contributed by atoms with Gasteiger partial charge < -0.3 is 4.90 Å². The monoisotopic (exact) mass is 647 g/mol. The summed E-state index contributed by atoms with van der Waals surface area (Å²) in [6.07, 6.45) is 6.81. The van der Waals surface area contributed by atoms with Gasteiger partial charge in [-0.15, -0.1) is 0 Å². The van der Waals surface area contributed by atoms with Crippen LogP contribution in [0.5, 0.6) is 0 Å². The fourth-order valence-electron chi connectivity index (χ4n) is 11.2. The molecule has 1 spiro atoms. The Bertz CT molecular complexity index is 2280. The van der Waals surface area contributed by atoms with Gasteiger partial charge in [-0.1, -0.05) is 137 Å². The molecule has 0 radical (unpaired) electrons. The fourth-order valence-corrected chi connectivity index (χ4v) is 11.2. The van der Waals surface area contributed by atoms with Crippen molar-refractivity contribution < 1.29 is 0 Å². The van der Waals surface area contributed by atoms with Gasteiger partial charge in [-0.3, -0.25) is 0 Å². The molecular weight excluding hydrogens is 603 g/mol. The first-order valence-corrected chi connectivity index (χ1v) is 18.9. The maximum absolute atomic E-state index is 2.61. The summed E-state index contributed by atoms with van der Waals surface area (Å²) < 4.78 is 0. The van der Waals surface area contributed by atoms with Crippen molar-refractivity contribution in [1.82, 2.24) is 0 Å². The van der Waals surface area contributed by atoms with Crippen molar-refractivity contribution in [3.8, 4) is 33.4 Å². The molecule has 0 amide bonds. The summed E-state index contributed by atoms with van der Waals surface area (Å²) in [5, 5.41) is 0. The van der Waals surface area contributed by atoms with E-state index >= 15 is 0 Å². The number of fused-ring (bicyclic) bond motifs is 11. The van der Waals surface area contributed by atoms with E-state index in [1.807, 2.05) is 0 Å². The quantitative estimate of drug-likeness (QED) is 0.184. The van der Waals surface area contributed by atoms with Crippen LogP contribution in [-0.4, -0.2) is 0 Å². The highest BCUT2D eigenvalue weighted by molar-refractivity contribution is 5.89. The van der Waals surface area contributed by atoms with Crippen LogP contribution in [0.25, 0.3) is 33.4 Å². The van der Waals surface area contributed by atoms with Gasteiger partial charge in [0.15, 0.2) is 0 Å². The standard InChI is InChI=1S/C49H45N/c1-32-27-33-13-11-17-36(28-33)49(32)45-22-10-8-20-41(45)43-26-24-39(31-47(43)49)50(37-18-12-16-35(29-37)34-14-5-4-6-15-34)38-23-25-42-40-19-7-9-21-44(40)48(2,3)46(42)30-38/h4-10,12,14-16,18-26,29-33,36H,11,13,17,27-28H2,1-3H3. The van der Waals surface area contributed by atoms with Gasteiger partial charge in [-0.25, -0.2) is 0 Å². The Hall–Kier alpha value is -4.88. The van der Waals surface area contributed by atoms with Crippen molar-refractivity contribution in [1.29, 1.82) is 0 Å². The molecule has 1 nitrogen and oxygen atoms in total. The molecule has 0 heterocycles. The third kappa shape index (κ3) is 4.19.